The first kappa shape index (κ1) is 7.37. The molecule has 0 radical (unpaired) electrons. The van der Waals surface area contributed by atoms with Crippen molar-refractivity contribution in [2.45, 2.75) is 31.8 Å². The normalized spacial score (nSPS) is 20.8. The van der Waals surface area contributed by atoms with Crippen LogP contribution in [0.5, 0.6) is 0 Å². The van der Waals surface area contributed by atoms with Gasteiger partial charge in [0, 0.05) is 6.04 Å². The Kier molecular flexibility index (Phi) is 2.53. The number of nitrogens with one attached hydrogen (secondary N) is 1. The molecule has 1 aliphatic rings. The molecule has 1 rings (SSSR count). The van der Waals surface area contributed by atoms with Crippen LogP contribution in [0.15, 0.2) is 12.2 Å². The maximum Gasteiger partial charge on any atom is 0.0660 e. The van der Waals surface area contributed by atoms with Gasteiger partial charge in [0.2, 0.25) is 0 Å². The van der Waals surface area contributed by atoms with Gasteiger partial charge in [-0.1, -0.05) is 18.1 Å². The average Bonchev–Trinajstić information content (AvgIpc) is 2.40. The highest BCUT2D eigenvalue weighted by atomic mass is 14.9. The summed E-state index contributed by atoms with van der Waals surface area (Å²) in [6.07, 6.45) is 11.9. The summed E-state index contributed by atoms with van der Waals surface area (Å²) in [5.41, 5.74) is 0. The van der Waals surface area contributed by atoms with E-state index in [0.717, 1.165) is 12.8 Å². The van der Waals surface area contributed by atoms with E-state index in [2.05, 4.69) is 23.4 Å². The third kappa shape index (κ3) is 1.89. The summed E-state index contributed by atoms with van der Waals surface area (Å²) < 4.78 is 0. The van der Waals surface area contributed by atoms with Crippen LogP contribution in [0.1, 0.15) is 19.8 Å². The van der Waals surface area contributed by atoms with E-state index in [1.54, 1.807) is 0 Å². The summed E-state index contributed by atoms with van der Waals surface area (Å²) >= 11 is 0. The van der Waals surface area contributed by atoms with Gasteiger partial charge in [0.15, 0.2) is 0 Å². The lowest BCUT2D eigenvalue weighted by Gasteiger charge is -2.13. The lowest BCUT2D eigenvalue weighted by atomic mass is 10.2. The molecule has 0 spiro atoms. The molecule has 0 aromatic rings. The van der Waals surface area contributed by atoms with E-state index in [1.165, 1.54) is 0 Å². The standard InChI is InChI=1S/C9H13N/c1-3-8(2)10-9-6-4-5-7-9/h1,4-5,8-10H,6-7H2,2H3. The first-order valence-corrected chi connectivity index (χ1v) is 3.70. The molecular weight excluding hydrogens is 122 g/mol. The van der Waals surface area contributed by atoms with Gasteiger partial charge in [-0.25, -0.2) is 0 Å². The van der Waals surface area contributed by atoms with Crippen molar-refractivity contribution >= 4 is 0 Å². The van der Waals surface area contributed by atoms with E-state index in [4.69, 9.17) is 6.42 Å². The maximum absolute atomic E-state index is 5.22. The van der Waals surface area contributed by atoms with Crippen LogP contribution in [-0.2, 0) is 0 Å². The minimum atomic E-state index is 0.213. The smallest absolute Gasteiger partial charge is 0.0660 e. The molecule has 0 aliphatic heterocycles. The van der Waals surface area contributed by atoms with Gasteiger partial charge < -0.3 is 5.32 Å². The Hall–Kier alpha value is -0.740. The third-order valence-corrected chi connectivity index (χ3v) is 1.74. The SMILES string of the molecule is C#CC(C)NC1CC=CC1. The monoisotopic (exact) mass is 135 g/mol. The van der Waals surface area contributed by atoms with Gasteiger partial charge in [0.25, 0.3) is 0 Å². The van der Waals surface area contributed by atoms with E-state index in [1.807, 2.05) is 6.92 Å². The predicted octanol–water partition coefficient (Wildman–Crippen LogP) is 1.32. The Bertz CT molecular complexity index is 156. The molecule has 1 nitrogen and oxygen atoms in total. The molecule has 0 saturated carbocycles. The Balaban J connectivity index is 2.21. The van der Waals surface area contributed by atoms with Gasteiger partial charge in [-0.15, -0.1) is 6.42 Å². The van der Waals surface area contributed by atoms with E-state index < -0.39 is 0 Å². The van der Waals surface area contributed by atoms with Crippen LogP contribution < -0.4 is 5.32 Å². The first-order chi connectivity index (χ1) is 4.83. The van der Waals surface area contributed by atoms with Crippen LogP contribution in [-0.4, -0.2) is 12.1 Å². The zero-order chi connectivity index (χ0) is 7.40. The van der Waals surface area contributed by atoms with Gasteiger partial charge in [-0.2, -0.15) is 0 Å². The molecular formula is C9H13N. The number of hydrogen-bond acceptors (Lipinski definition) is 1. The molecule has 1 aliphatic carbocycles. The van der Waals surface area contributed by atoms with E-state index in [-0.39, 0.29) is 6.04 Å². The van der Waals surface area contributed by atoms with Crippen molar-refractivity contribution in [2.75, 3.05) is 0 Å². The van der Waals surface area contributed by atoms with Gasteiger partial charge in [-0.05, 0) is 19.8 Å². The molecule has 1 atom stereocenters. The lowest BCUT2D eigenvalue weighted by molar-refractivity contribution is 0.515. The van der Waals surface area contributed by atoms with Crippen LogP contribution in [0.25, 0.3) is 0 Å². The predicted molar refractivity (Wildman–Crippen MR) is 43.6 cm³/mol. The van der Waals surface area contributed by atoms with Gasteiger partial charge in [0.1, 0.15) is 0 Å². The Morgan fingerprint density at radius 1 is 1.60 bits per heavy atom. The van der Waals surface area contributed by atoms with Crippen LogP contribution in [0.4, 0.5) is 0 Å². The fourth-order valence-electron chi connectivity index (χ4n) is 1.15. The number of hydrogen-bond donors (Lipinski definition) is 1. The fourth-order valence-corrected chi connectivity index (χ4v) is 1.15. The van der Waals surface area contributed by atoms with Crippen molar-refractivity contribution in [2.24, 2.45) is 0 Å². The summed E-state index contributed by atoms with van der Waals surface area (Å²) in [6, 6.07) is 0.802. The molecule has 0 aromatic carbocycles. The lowest BCUT2D eigenvalue weighted by Crippen LogP contribution is -2.33. The van der Waals surface area contributed by atoms with Crippen LogP contribution in [0.3, 0.4) is 0 Å². The zero-order valence-corrected chi connectivity index (χ0v) is 6.30. The summed E-state index contributed by atoms with van der Waals surface area (Å²) in [5.74, 6) is 2.65. The van der Waals surface area contributed by atoms with Gasteiger partial charge >= 0.3 is 0 Å². The second-order valence-corrected chi connectivity index (χ2v) is 2.69. The minimum absolute atomic E-state index is 0.213. The molecule has 54 valence electrons. The zero-order valence-electron chi connectivity index (χ0n) is 6.30. The largest absolute Gasteiger partial charge is 0.301 e. The molecule has 10 heavy (non-hydrogen) atoms. The summed E-state index contributed by atoms with van der Waals surface area (Å²) in [5, 5.41) is 3.33. The topological polar surface area (TPSA) is 12.0 Å². The van der Waals surface area contributed by atoms with Crippen molar-refractivity contribution in [1.29, 1.82) is 0 Å². The second-order valence-electron chi connectivity index (χ2n) is 2.69. The molecule has 0 aromatic heterocycles. The van der Waals surface area contributed by atoms with Crippen LogP contribution >= 0.6 is 0 Å². The molecule has 0 fully saturated rings. The minimum Gasteiger partial charge on any atom is -0.301 e. The summed E-state index contributed by atoms with van der Waals surface area (Å²) in [6.45, 7) is 2.01. The van der Waals surface area contributed by atoms with Crippen LogP contribution in [0.2, 0.25) is 0 Å². The summed E-state index contributed by atoms with van der Waals surface area (Å²) in [4.78, 5) is 0. The summed E-state index contributed by atoms with van der Waals surface area (Å²) in [7, 11) is 0. The van der Waals surface area contributed by atoms with Crippen LogP contribution in [0, 0.1) is 12.3 Å². The molecule has 0 bridgehead atoms. The third-order valence-electron chi connectivity index (χ3n) is 1.74. The maximum atomic E-state index is 5.22. The molecule has 0 heterocycles. The first-order valence-electron chi connectivity index (χ1n) is 3.70. The molecule has 1 unspecified atom stereocenters. The van der Waals surface area contributed by atoms with Gasteiger partial charge in [-0.3, -0.25) is 0 Å². The molecule has 0 saturated heterocycles. The van der Waals surface area contributed by atoms with Crippen molar-refractivity contribution in [3.63, 3.8) is 0 Å². The Morgan fingerprint density at radius 3 is 2.70 bits per heavy atom. The van der Waals surface area contributed by atoms with Crippen molar-refractivity contribution in [1.82, 2.24) is 5.32 Å². The highest BCUT2D eigenvalue weighted by molar-refractivity contribution is 5.03. The molecule has 1 N–H and O–H groups in total. The fraction of sp³-hybridized carbons (Fsp3) is 0.556. The van der Waals surface area contributed by atoms with Gasteiger partial charge in [0.05, 0.1) is 6.04 Å². The number of terminal acetylenes is 1. The van der Waals surface area contributed by atoms with Crippen molar-refractivity contribution in [3.8, 4) is 12.3 Å². The highest BCUT2D eigenvalue weighted by Crippen LogP contribution is 2.09. The highest BCUT2D eigenvalue weighted by Gasteiger charge is 2.10. The number of rotatable bonds is 2. The molecule has 1 heteroatoms. The van der Waals surface area contributed by atoms with E-state index in [0.29, 0.717) is 6.04 Å². The Labute approximate surface area is 62.5 Å². The van der Waals surface area contributed by atoms with Crippen molar-refractivity contribution < 1.29 is 0 Å². The van der Waals surface area contributed by atoms with Crippen molar-refractivity contribution in [3.05, 3.63) is 12.2 Å². The second kappa shape index (κ2) is 3.43. The quantitative estimate of drug-likeness (QED) is 0.445. The molecule has 0 amide bonds. The Morgan fingerprint density at radius 2 is 2.20 bits per heavy atom. The van der Waals surface area contributed by atoms with E-state index in [9.17, 15) is 0 Å². The van der Waals surface area contributed by atoms with E-state index >= 15 is 0 Å². The average molecular weight is 135 g/mol.